The van der Waals surface area contributed by atoms with Gasteiger partial charge in [-0.05, 0) is 85.7 Å². The van der Waals surface area contributed by atoms with E-state index in [0.29, 0.717) is 17.1 Å². The van der Waals surface area contributed by atoms with E-state index < -0.39 is 0 Å². The van der Waals surface area contributed by atoms with Crippen molar-refractivity contribution >= 4 is 54.6 Å². The fourth-order valence-corrected chi connectivity index (χ4v) is 9.10. The molecule has 1 heteroatoms. The third-order valence-corrected chi connectivity index (χ3v) is 10.8. The van der Waals surface area contributed by atoms with Crippen LogP contribution in [0.15, 0.2) is 127 Å². The normalized spacial score (nSPS) is 21.1. The van der Waals surface area contributed by atoms with Gasteiger partial charge in [-0.25, -0.2) is 0 Å². The molecule has 40 heavy (non-hydrogen) atoms. The van der Waals surface area contributed by atoms with Crippen molar-refractivity contribution in [2.45, 2.75) is 36.9 Å². The highest BCUT2D eigenvalue weighted by Gasteiger charge is 2.39. The highest BCUT2D eigenvalue weighted by atomic mass is 32.2. The summed E-state index contributed by atoms with van der Waals surface area (Å²) < 4.78 is 0. The van der Waals surface area contributed by atoms with Crippen LogP contribution in [0.25, 0.3) is 42.8 Å². The molecule has 0 spiro atoms. The van der Waals surface area contributed by atoms with E-state index in [-0.39, 0.29) is 0 Å². The standard InChI is InChI=1S/C39H32S/c1-3-12-26(13-4-1)38-36-25-28(16-11-21-37(36)40-39(38)27-14-5-2-6-15-27)29-22-23-34-32-19-8-7-17-30(32)31-18-9-10-20-33(31)35(34)24-29/h1-10,12-15,17-20,22-24,28,36-37H,11,16,21,25H2. The molecule has 1 saturated carbocycles. The summed E-state index contributed by atoms with van der Waals surface area (Å²) in [4.78, 5) is 1.50. The summed E-state index contributed by atoms with van der Waals surface area (Å²) in [6.07, 6.45) is 5.07. The Morgan fingerprint density at radius 1 is 0.500 bits per heavy atom. The molecule has 3 unspecified atom stereocenters. The number of hydrogen-bond acceptors (Lipinski definition) is 1. The van der Waals surface area contributed by atoms with Crippen LogP contribution in [0.2, 0.25) is 0 Å². The monoisotopic (exact) mass is 532 g/mol. The van der Waals surface area contributed by atoms with Gasteiger partial charge in [0.15, 0.2) is 0 Å². The first-order valence-corrected chi connectivity index (χ1v) is 15.6. The van der Waals surface area contributed by atoms with Crippen molar-refractivity contribution in [3.05, 3.63) is 144 Å². The molecule has 1 aliphatic heterocycles. The molecule has 0 aromatic heterocycles. The molecule has 0 N–H and O–H groups in total. The summed E-state index contributed by atoms with van der Waals surface area (Å²) >= 11 is 2.15. The van der Waals surface area contributed by atoms with Gasteiger partial charge in [0.2, 0.25) is 0 Å². The van der Waals surface area contributed by atoms with E-state index in [9.17, 15) is 0 Å². The van der Waals surface area contributed by atoms with Gasteiger partial charge >= 0.3 is 0 Å². The first-order chi connectivity index (χ1) is 19.8. The SMILES string of the molecule is c1ccc(C2=C(c3ccccc3)C3CC(c4ccc5c6ccccc6c6ccccc6c5c4)CCCC3S2)cc1. The maximum Gasteiger partial charge on any atom is 0.0189 e. The summed E-state index contributed by atoms with van der Waals surface area (Å²) in [7, 11) is 0. The highest BCUT2D eigenvalue weighted by molar-refractivity contribution is 8.09. The van der Waals surface area contributed by atoms with Crippen LogP contribution in [0.1, 0.15) is 48.3 Å². The van der Waals surface area contributed by atoms with Crippen LogP contribution >= 0.6 is 11.8 Å². The van der Waals surface area contributed by atoms with Gasteiger partial charge in [0.1, 0.15) is 0 Å². The lowest BCUT2D eigenvalue weighted by Crippen LogP contribution is -2.14. The van der Waals surface area contributed by atoms with Gasteiger partial charge in [-0.15, -0.1) is 11.8 Å². The van der Waals surface area contributed by atoms with Gasteiger partial charge in [0.05, 0.1) is 0 Å². The zero-order chi connectivity index (χ0) is 26.5. The minimum Gasteiger partial charge on any atom is -0.121 e. The maximum absolute atomic E-state index is 2.54. The van der Waals surface area contributed by atoms with Crippen molar-refractivity contribution < 1.29 is 0 Å². The van der Waals surface area contributed by atoms with Crippen LogP contribution in [-0.2, 0) is 0 Å². The molecule has 3 atom stereocenters. The van der Waals surface area contributed by atoms with Crippen molar-refractivity contribution in [2.24, 2.45) is 5.92 Å². The van der Waals surface area contributed by atoms with E-state index in [0.717, 1.165) is 0 Å². The summed E-state index contributed by atoms with van der Waals surface area (Å²) in [6.45, 7) is 0. The average molecular weight is 533 g/mol. The minimum atomic E-state index is 0.569. The van der Waals surface area contributed by atoms with Gasteiger partial charge < -0.3 is 0 Å². The van der Waals surface area contributed by atoms with Gasteiger partial charge in [0.25, 0.3) is 0 Å². The van der Waals surface area contributed by atoms with Crippen molar-refractivity contribution in [2.75, 3.05) is 0 Å². The van der Waals surface area contributed by atoms with E-state index in [4.69, 9.17) is 0 Å². The molecule has 0 radical (unpaired) electrons. The Bertz CT molecular complexity index is 1850. The molecular weight excluding hydrogens is 500 g/mol. The largest absolute Gasteiger partial charge is 0.121 e. The Kier molecular flexibility index (Phi) is 6.00. The molecule has 1 heterocycles. The Morgan fingerprint density at radius 3 is 1.70 bits per heavy atom. The van der Waals surface area contributed by atoms with E-state index in [1.54, 1.807) is 5.57 Å². The quantitative estimate of drug-likeness (QED) is 0.204. The second kappa shape index (κ2) is 9.98. The van der Waals surface area contributed by atoms with Crippen LogP contribution < -0.4 is 0 Å². The van der Waals surface area contributed by atoms with Crippen molar-refractivity contribution in [1.29, 1.82) is 0 Å². The van der Waals surface area contributed by atoms with Crippen molar-refractivity contribution in [3.8, 4) is 0 Å². The van der Waals surface area contributed by atoms with Gasteiger partial charge in [0, 0.05) is 10.2 Å². The van der Waals surface area contributed by atoms with E-state index in [1.165, 1.54) is 79.6 Å². The smallest absolute Gasteiger partial charge is 0.0189 e. The second-order valence-corrected chi connectivity index (χ2v) is 12.7. The molecule has 1 aliphatic carbocycles. The Balaban J connectivity index is 1.25. The van der Waals surface area contributed by atoms with Crippen LogP contribution in [-0.4, -0.2) is 5.25 Å². The van der Waals surface area contributed by atoms with Crippen LogP contribution in [0, 0.1) is 5.92 Å². The third kappa shape index (κ3) is 3.99. The minimum absolute atomic E-state index is 0.569. The van der Waals surface area contributed by atoms with Gasteiger partial charge in [-0.1, -0.05) is 134 Å². The summed E-state index contributed by atoms with van der Waals surface area (Å²) in [5.74, 6) is 1.14. The number of benzene rings is 6. The Morgan fingerprint density at radius 2 is 1.05 bits per heavy atom. The molecule has 6 aromatic carbocycles. The molecular formula is C39H32S. The average Bonchev–Trinajstić information content (AvgIpc) is 3.26. The summed E-state index contributed by atoms with van der Waals surface area (Å²) in [5, 5.41) is 8.87. The molecule has 194 valence electrons. The van der Waals surface area contributed by atoms with Crippen LogP contribution in [0.3, 0.4) is 0 Å². The fourth-order valence-electron chi connectivity index (χ4n) is 7.43. The van der Waals surface area contributed by atoms with Gasteiger partial charge in [-0.2, -0.15) is 0 Å². The fraction of sp³-hybridized carbons (Fsp3) is 0.179. The second-order valence-electron chi connectivity index (χ2n) is 11.5. The van der Waals surface area contributed by atoms with Crippen molar-refractivity contribution in [3.63, 3.8) is 0 Å². The molecule has 1 fully saturated rings. The van der Waals surface area contributed by atoms with E-state index in [2.05, 4.69) is 139 Å². The lowest BCUT2D eigenvalue weighted by molar-refractivity contribution is 0.538. The number of thioether (sulfide) groups is 1. The van der Waals surface area contributed by atoms with E-state index in [1.807, 2.05) is 0 Å². The Hall–Kier alpha value is -3.81. The third-order valence-electron chi connectivity index (χ3n) is 9.27. The number of allylic oxidation sites excluding steroid dienone is 1. The molecule has 0 nitrogen and oxygen atoms in total. The lowest BCUT2D eigenvalue weighted by Gasteiger charge is -2.24. The molecule has 6 aromatic rings. The predicted molar refractivity (Wildman–Crippen MR) is 175 cm³/mol. The molecule has 2 aliphatic rings. The molecule has 8 rings (SSSR count). The first-order valence-electron chi connectivity index (χ1n) is 14.7. The summed E-state index contributed by atoms with van der Waals surface area (Å²) in [5.41, 5.74) is 5.86. The zero-order valence-electron chi connectivity index (χ0n) is 22.6. The number of hydrogen-bond donors (Lipinski definition) is 0. The van der Waals surface area contributed by atoms with Crippen LogP contribution in [0.4, 0.5) is 0 Å². The maximum atomic E-state index is 2.54. The number of fused-ring (bicyclic) bond motifs is 7. The molecule has 0 saturated heterocycles. The van der Waals surface area contributed by atoms with Crippen LogP contribution in [0.5, 0.6) is 0 Å². The van der Waals surface area contributed by atoms with E-state index >= 15 is 0 Å². The molecule has 0 amide bonds. The van der Waals surface area contributed by atoms with Crippen molar-refractivity contribution in [1.82, 2.24) is 0 Å². The predicted octanol–water partition coefficient (Wildman–Crippen LogP) is 11.1. The topological polar surface area (TPSA) is 0 Å². The summed E-state index contributed by atoms with van der Waals surface area (Å²) in [6, 6.07) is 47.6. The van der Waals surface area contributed by atoms with Gasteiger partial charge in [-0.3, -0.25) is 0 Å². The highest BCUT2D eigenvalue weighted by Crippen LogP contribution is 2.57. The first kappa shape index (κ1) is 24.0. The zero-order valence-corrected chi connectivity index (χ0v) is 23.4. The lowest BCUT2D eigenvalue weighted by atomic mass is 9.80. The molecule has 0 bridgehead atoms. The number of rotatable bonds is 3. The Labute approximate surface area is 240 Å².